The van der Waals surface area contributed by atoms with E-state index in [1.807, 2.05) is 25.2 Å². The highest BCUT2D eigenvalue weighted by Gasteiger charge is 2.29. The third-order valence-corrected chi connectivity index (χ3v) is 4.71. The minimum atomic E-state index is -0.554. The first-order valence-corrected chi connectivity index (χ1v) is 6.94. The Morgan fingerprint density at radius 1 is 1.62 bits per heavy atom. The minimum absolute atomic E-state index is 0.452. The molecule has 2 heterocycles. The van der Waals surface area contributed by atoms with Crippen LogP contribution in [0.3, 0.4) is 0 Å². The normalized spacial score (nSPS) is 25.1. The zero-order valence-corrected chi connectivity index (χ0v) is 11.2. The summed E-state index contributed by atoms with van der Waals surface area (Å²) in [7, 11) is 0. The van der Waals surface area contributed by atoms with Gasteiger partial charge in [0.05, 0.1) is 5.60 Å². The van der Waals surface area contributed by atoms with Crippen molar-refractivity contribution >= 4 is 11.3 Å². The van der Waals surface area contributed by atoms with Crippen molar-refractivity contribution in [3.8, 4) is 0 Å². The number of fused-ring (bicyclic) bond motifs is 1. The third-order valence-electron chi connectivity index (χ3n) is 3.71. The van der Waals surface area contributed by atoms with Crippen molar-refractivity contribution in [3.63, 3.8) is 0 Å². The number of nitrogens with zero attached hydrogens (tertiary/aromatic N) is 1. The summed E-state index contributed by atoms with van der Waals surface area (Å²) in [5.41, 5.74) is 0.907. The van der Waals surface area contributed by atoms with Crippen LogP contribution in [-0.4, -0.2) is 28.7 Å². The van der Waals surface area contributed by atoms with Crippen LogP contribution in [-0.2, 0) is 6.42 Å². The summed E-state index contributed by atoms with van der Waals surface area (Å²) in [4.78, 5) is 3.93. The molecule has 0 bridgehead atoms. The average molecular weight is 239 g/mol. The molecule has 1 aliphatic heterocycles. The van der Waals surface area contributed by atoms with Crippen molar-refractivity contribution in [1.82, 2.24) is 4.90 Å². The predicted octanol–water partition coefficient (Wildman–Crippen LogP) is 2.83. The Morgan fingerprint density at radius 3 is 3.06 bits per heavy atom. The van der Waals surface area contributed by atoms with Gasteiger partial charge in [-0.15, -0.1) is 11.3 Å². The number of aliphatic hydroxyl groups is 1. The Hall–Kier alpha value is -0.380. The van der Waals surface area contributed by atoms with Gasteiger partial charge in [0.2, 0.25) is 0 Å². The number of β-amino-alcohol motifs (C(OH)–C–C–N with tert-alkyl or cyclic N) is 1. The molecule has 90 valence electrons. The maximum Gasteiger partial charge on any atom is 0.0743 e. The SMILES string of the molecule is CCC(C)(O)CN1CCc2sccc2C1C. The van der Waals surface area contributed by atoms with Gasteiger partial charge >= 0.3 is 0 Å². The molecule has 0 amide bonds. The van der Waals surface area contributed by atoms with Crippen LogP contribution in [0, 0.1) is 0 Å². The summed E-state index contributed by atoms with van der Waals surface area (Å²) in [5.74, 6) is 0. The lowest BCUT2D eigenvalue weighted by atomic mass is 9.97. The largest absolute Gasteiger partial charge is 0.389 e. The van der Waals surface area contributed by atoms with Crippen LogP contribution in [0.4, 0.5) is 0 Å². The molecule has 0 saturated carbocycles. The van der Waals surface area contributed by atoms with Crippen molar-refractivity contribution in [2.75, 3.05) is 13.1 Å². The van der Waals surface area contributed by atoms with E-state index < -0.39 is 5.60 Å². The lowest BCUT2D eigenvalue weighted by Crippen LogP contribution is -2.44. The molecule has 0 aromatic carbocycles. The van der Waals surface area contributed by atoms with E-state index >= 15 is 0 Å². The van der Waals surface area contributed by atoms with E-state index in [1.165, 1.54) is 10.4 Å². The van der Waals surface area contributed by atoms with Gasteiger partial charge in [-0.1, -0.05) is 6.92 Å². The van der Waals surface area contributed by atoms with E-state index in [0.29, 0.717) is 6.04 Å². The topological polar surface area (TPSA) is 23.5 Å². The minimum Gasteiger partial charge on any atom is -0.389 e. The fourth-order valence-electron chi connectivity index (χ4n) is 2.33. The molecule has 1 aliphatic rings. The molecule has 2 atom stereocenters. The molecule has 1 aromatic heterocycles. The average Bonchev–Trinajstić information content (AvgIpc) is 2.71. The molecule has 3 heteroatoms. The first-order valence-electron chi connectivity index (χ1n) is 6.06. The van der Waals surface area contributed by atoms with Crippen LogP contribution in [0.25, 0.3) is 0 Å². The smallest absolute Gasteiger partial charge is 0.0743 e. The van der Waals surface area contributed by atoms with Gasteiger partial charge in [0.15, 0.2) is 0 Å². The van der Waals surface area contributed by atoms with Gasteiger partial charge in [-0.05, 0) is 43.7 Å². The van der Waals surface area contributed by atoms with E-state index in [-0.39, 0.29) is 0 Å². The maximum absolute atomic E-state index is 10.2. The molecule has 2 rings (SSSR count). The van der Waals surface area contributed by atoms with E-state index in [9.17, 15) is 5.11 Å². The van der Waals surface area contributed by atoms with Crippen molar-refractivity contribution < 1.29 is 5.11 Å². The second kappa shape index (κ2) is 4.47. The fourth-order valence-corrected chi connectivity index (χ4v) is 3.29. The van der Waals surface area contributed by atoms with Gasteiger partial charge in [-0.2, -0.15) is 0 Å². The third kappa shape index (κ3) is 2.31. The Morgan fingerprint density at radius 2 is 2.38 bits per heavy atom. The van der Waals surface area contributed by atoms with Gasteiger partial charge in [-0.3, -0.25) is 4.90 Å². The lowest BCUT2D eigenvalue weighted by molar-refractivity contribution is 0.00282. The zero-order valence-electron chi connectivity index (χ0n) is 10.4. The van der Waals surface area contributed by atoms with Gasteiger partial charge in [0.25, 0.3) is 0 Å². The monoisotopic (exact) mass is 239 g/mol. The van der Waals surface area contributed by atoms with Crippen molar-refractivity contribution in [3.05, 3.63) is 21.9 Å². The summed E-state index contributed by atoms with van der Waals surface area (Å²) >= 11 is 1.87. The van der Waals surface area contributed by atoms with Crippen molar-refractivity contribution in [2.45, 2.75) is 45.3 Å². The summed E-state index contributed by atoms with van der Waals surface area (Å²) in [5, 5.41) is 12.3. The maximum atomic E-state index is 10.2. The molecule has 0 saturated heterocycles. The first kappa shape index (κ1) is 12.1. The van der Waals surface area contributed by atoms with E-state index in [2.05, 4.69) is 23.3 Å². The van der Waals surface area contributed by atoms with Crippen molar-refractivity contribution in [2.24, 2.45) is 0 Å². The molecule has 2 unspecified atom stereocenters. The van der Waals surface area contributed by atoms with Crippen molar-refractivity contribution in [1.29, 1.82) is 0 Å². The van der Waals surface area contributed by atoms with E-state index in [1.54, 1.807) is 0 Å². The number of hydrogen-bond acceptors (Lipinski definition) is 3. The highest BCUT2D eigenvalue weighted by molar-refractivity contribution is 7.10. The van der Waals surface area contributed by atoms with Gasteiger partial charge < -0.3 is 5.11 Å². The van der Waals surface area contributed by atoms with Gasteiger partial charge in [0.1, 0.15) is 0 Å². The van der Waals surface area contributed by atoms with E-state index in [0.717, 1.165) is 25.9 Å². The Bertz CT molecular complexity index is 359. The van der Waals surface area contributed by atoms with Crippen LogP contribution >= 0.6 is 11.3 Å². The van der Waals surface area contributed by atoms with Crippen LogP contribution < -0.4 is 0 Å². The highest BCUT2D eigenvalue weighted by atomic mass is 32.1. The predicted molar refractivity (Wildman–Crippen MR) is 68.9 cm³/mol. The summed E-state index contributed by atoms with van der Waals surface area (Å²) in [6, 6.07) is 2.69. The van der Waals surface area contributed by atoms with E-state index in [4.69, 9.17) is 0 Å². The first-order chi connectivity index (χ1) is 7.53. The van der Waals surface area contributed by atoms with Gasteiger partial charge in [-0.25, -0.2) is 0 Å². The molecule has 1 aromatic rings. The number of thiophene rings is 1. The number of hydrogen-bond donors (Lipinski definition) is 1. The summed E-state index contributed by atoms with van der Waals surface area (Å²) in [6.45, 7) is 8.08. The molecule has 16 heavy (non-hydrogen) atoms. The lowest BCUT2D eigenvalue weighted by Gasteiger charge is -2.38. The summed E-state index contributed by atoms with van der Waals surface area (Å²) < 4.78 is 0. The molecule has 0 aliphatic carbocycles. The Labute approximate surface area is 102 Å². The molecular formula is C13H21NOS. The quantitative estimate of drug-likeness (QED) is 0.876. The second-order valence-corrected chi connectivity index (χ2v) is 6.05. The molecule has 0 fully saturated rings. The standard InChI is InChI=1S/C13H21NOS/c1-4-13(3,15)9-14-7-5-12-11(10(14)2)6-8-16-12/h6,8,10,15H,4-5,7,9H2,1-3H3. The second-order valence-electron chi connectivity index (χ2n) is 5.05. The highest BCUT2D eigenvalue weighted by Crippen LogP contribution is 2.33. The Balaban J connectivity index is 2.10. The molecule has 0 spiro atoms. The zero-order chi connectivity index (χ0) is 11.8. The summed E-state index contributed by atoms with van der Waals surface area (Å²) in [6.07, 6.45) is 1.95. The van der Waals surface area contributed by atoms with Crippen LogP contribution in [0.2, 0.25) is 0 Å². The molecule has 1 N–H and O–H groups in total. The molecular weight excluding hydrogens is 218 g/mol. The van der Waals surface area contributed by atoms with Crippen LogP contribution in [0.1, 0.15) is 43.7 Å². The van der Waals surface area contributed by atoms with Crippen LogP contribution in [0.5, 0.6) is 0 Å². The van der Waals surface area contributed by atoms with Gasteiger partial charge in [0, 0.05) is 24.0 Å². The molecule has 2 nitrogen and oxygen atoms in total. The Kier molecular flexibility index (Phi) is 3.38. The van der Waals surface area contributed by atoms with Crippen LogP contribution in [0.15, 0.2) is 11.4 Å². The number of rotatable bonds is 3. The molecule has 0 radical (unpaired) electrons. The fraction of sp³-hybridized carbons (Fsp3) is 0.692.